The molecule has 2 aromatic heterocycles. The number of nitrogens with one attached hydrogen (secondary N) is 2. The van der Waals surface area contributed by atoms with Crippen LogP contribution >= 0.6 is 0 Å². The number of rotatable bonds is 2. The summed E-state index contributed by atoms with van der Waals surface area (Å²) in [7, 11) is 0. The van der Waals surface area contributed by atoms with E-state index in [1.165, 1.54) is 6.33 Å². The summed E-state index contributed by atoms with van der Waals surface area (Å²) in [6.07, 6.45) is 0.416. The lowest BCUT2D eigenvalue weighted by Gasteiger charge is -2.04. The Labute approximate surface area is 106 Å². The van der Waals surface area contributed by atoms with Gasteiger partial charge in [0.2, 0.25) is 0 Å². The smallest absolute Gasteiger partial charge is 0.312 e. The Bertz CT molecular complexity index is 740. The monoisotopic (exact) mass is 257 g/mol. The molecule has 0 unspecified atom stereocenters. The summed E-state index contributed by atoms with van der Waals surface area (Å²) >= 11 is 0. The third-order valence-electron chi connectivity index (χ3n) is 2.53. The van der Waals surface area contributed by atoms with E-state index in [1.807, 2.05) is 0 Å². The van der Waals surface area contributed by atoms with Crippen LogP contribution in [-0.4, -0.2) is 25.8 Å². The molecule has 7 heteroatoms. The Morgan fingerprint density at radius 2 is 2.00 bits per heavy atom. The number of hydrogen-bond acceptors (Lipinski definition) is 4. The molecule has 0 aliphatic carbocycles. The Hall–Kier alpha value is -2.83. The zero-order valence-corrected chi connectivity index (χ0v) is 9.59. The molecule has 2 N–H and O–H groups in total. The predicted octanol–water partition coefficient (Wildman–Crippen LogP) is 1.74. The van der Waals surface area contributed by atoms with Crippen LogP contribution < -0.4 is 5.32 Å². The average molecular weight is 257 g/mol. The number of carbonyl (C=O) groups is 1. The van der Waals surface area contributed by atoms with Gasteiger partial charge in [-0.05, 0) is 12.1 Å². The number of aromatic amines is 1. The van der Waals surface area contributed by atoms with Crippen molar-refractivity contribution < 1.29 is 9.18 Å². The number of anilines is 1. The van der Waals surface area contributed by atoms with Gasteiger partial charge in [0.1, 0.15) is 5.52 Å². The van der Waals surface area contributed by atoms with E-state index in [2.05, 4.69) is 25.3 Å². The van der Waals surface area contributed by atoms with Crippen molar-refractivity contribution in [2.75, 3.05) is 5.32 Å². The van der Waals surface area contributed by atoms with Crippen molar-refractivity contribution in [1.82, 2.24) is 19.9 Å². The SMILES string of the molecule is O=C(Nc1nc(F)nc2nc[nH]c12)c1ccccc1. The fourth-order valence-electron chi connectivity index (χ4n) is 1.67. The van der Waals surface area contributed by atoms with Gasteiger partial charge in [0.25, 0.3) is 5.91 Å². The van der Waals surface area contributed by atoms with E-state index in [1.54, 1.807) is 30.3 Å². The second kappa shape index (κ2) is 4.45. The molecule has 0 aliphatic rings. The number of fused-ring (bicyclic) bond motifs is 1. The zero-order valence-electron chi connectivity index (χ0n) is 9.59. The fourth-order valence-corrected chi connectivity index (χ4v) is 1.67. The highest BCUT2D eigenvalue weighted by Gasteiger charge is 2.13. The molecule has 6 nitrogen and oxygen atoms in total. The molecule has 1 aromatic carbocycles. The van der Waals surface area contributed by atoms with E-state index in [9.17, 15) is 9.18 Å². The van der Waals surface area contributed by atoms with Crippen molar-refractivity contribution in [2.24, 2.45) is 0 Å². The minimum absolute atomic E-state index is 0.0638. The first-order valence-corrected chi connectivity index (χ1v) is 5.47. The summed E-state index contributed by atoms with van der Waals surface area (Å²) in [5.41, 5.74) is 0.996. The number of aromatic nitrogens is 4. The number of H-pyrrole nitrogens is 1. The summed E-state index contributed by atoms with van der Waals surface area (Å²) in [5.74, 6) is -0.316. The topological polar surface area (TPSA) is 83.6 Å². The van der Waals surface area contributed by atoms with Crippen molar-refractivity contribution >= 4 is 22.9 Å². The van der Waals surface area contributed by atoms with Gasteiger partial charge in [-0.1, -0.05) is 18.2 Å². The number of halogens is 1. The fraction of sp³-hybridized carbons (Fsp3) is 0. The van der Waals surface area contributed by atoms with E-state index in [-0.39, 0.29) is 17.4 Å². The van der Waals surface area contributed by atoms with Crippen LogP contribution in [0.25, 0.3) is 11.2 Å². The Kier molecular flexibility index (Phi) is 2.64. The Balaban J connectivity index is 1.97. The molecule has 94 valence electrons. The Morgan fingerprint density at radius 3 is 2.79 bits per heavy atom. The maximum absolute atomic E-state index is 13.2. The van der Waals surface area contributed by atoms with Gasteiger partial charge in [0.05, 0.1) is 6.33 Å². The van der Waals surface area contributed by atoms with Gasteiger partial charge in [0, 0.05) is 5.56 Å². The first kappa shape index (κ1) is 11.3. The van der Waals surface area contributed by atoms with E-state index in [4.69, 9.17) is 0 Å². The van der Waals surface area contributed by atoms with Crippen LogP contribution in [0.2, 0.25) is 0 Å². The lowest BCUT2D eigenvalue weighted by Crippen LogP contribution is -2.14. The highest BCUT2D eigenvalue weighted by Crippen LogP contribution is 2.16. The van der Waals surface area contributed by atoms with E-state index >= 15 is 0 Å². The molecule has 0 aliphatic heterocycles. The molecule has 0 saturated heterocycles. The van der Waals surface area contributed by atoms with Crippen molar-refractivity contribution in [3.63, 3.8) is 0 Å². The molecule has 0 bridgehead atoms. The maximum Gasteiger partial charge on any atom is 0.312 e. The molecule has 0 saturated carbocycles. The lowest BCUT2D eigenvalue weighted by molar-refractivity contribution is 0.102. The highest BCUT2D eigenvalue weighted by atomic mass is 19.1. The summed E-state index contributed by atoms with van der Waals surface area (Å²) in [6.45, 7) is 0. The van der Waals surface area contributed by atoms with Crippen molar-refractivity contribution in [3.05, 3.63) is 48.3 Å². The minimum atomic E-state index is -0.942. The summed E-state index contributed by atoms with van der Waals surface area (Å²) in [5, 5.41) is 2.53. The second-order valence-electron chi connectivity index (χ2n) is 3.76. The van der Waals surface area contributed by atoms with Crippen LogP contribution in [-0.2, 0) is 0 Å². The molecular formula is C12H8FN5O. The largest absolute Gasteiger partial charge is 0.340 e. The zero-order chi connectivity index (χ0) is 13.2. The minimum Gasteiger partial charge on any atom is -0.340 e. The molecule has 0 atom stereocenters. The van der Waals surface area contributed by atoms with E-state index < -0.39 is 6.08 Å². The first-order chi connectivity index (χ1) is 9.24. The van der Waals surface area contributed by atoms with Crippen LogP contribution in [0.15, 0.2) is 36.7 Å². The second-order valence-corrected chi connectivity index (χ2v) is 3.76. The molecule has 19 heavy (non-hydrogen) atoms. The number of benzene rings is 1. The van der Waals surface area contributed by atoms with E-state index in [0.29, 0.717) is 11.1 Å². The number of amides is 1. The average Bonchev–Trinajstić information content (AvgIpc) is 2.88. The molecular weight excluding hydrogens is 249 g/mol. The third kappa shape index (κ3) is 2.13. The van der Waals surface area contributed by atoms with Crippen LogP contribution in [0.1, 0.15) is 10.4 Å². The lowest BCUT2D eigenvalue weighted by atomic mass is 10.2. The number of imidazole rings is 1. The van der Waals surface area contributed by atoms with Gasteiger partial charge in [-0.2, -0.15) is 14.4 Å². The summed E-state index contributed by atoms with van der Waals surface area (Å²) in [6, 6.07) is 8.57. The molecule has 3 rings (SSSR count). The quantitative estimate of drug-likeness (QED) is 0.685. The third-order valence-corrected chi connectivity index (χ3v) is 2.53. The standard InChI is InChI=1S/C12H8FN5O/c13-12-17-9-8(14-6-15-9)10(18-12)16-11(19)7-4-2-1-3-5-7/h1-6H,(H2,14,15,16,17,18,19). The summed E-state index contributed by atoms with van der Waals surface area (Å²) < 4.78 is 13.2. The van der Waals surface area contributed by atoms with Crippen molar-refractivity contribution in [3.8, 4) is 0 Å². The van der Waals surface area contributed by atoms with E-state index in [0.717, 1.165) is 0 Å². The molecule has 1 amide bonds. The normalized spacial score (nSPS) is 10.6. The van der Waals surface area contributed by atoms with Gasteiger partial charge in [-0.15, -0.1) is 0 Å². The number of nitrogens with zero attached hydrogens (tertiary/aromatic N) is 3. The molecule has 2 heterocycles. The van der Waals surface area contributed by atoms with Gasteiger partial charge in [-0.25, -0.2) is 4.98 Å². The van der Waals surface area contributed by atoms with Crippen molar-refractivity contribution in [2.45, 2.75) is 0 Å². The molecule has 0 radical (unpaired) electrons. The van der Waals surface area contributed by atoms with Crippen LogP contribution in [0.5, 0.6) is 0 Å². The van der Waals surface area contributed by atoms with Gasteiger partial charge < -0.3 is 10.3 Å². The van der Waals surface area contributed by atoms with Crippen LogP contribution in [0.3, 0.4) is 0 Å². The van der Waals surface area contributed by atoms with Gasteiger partial charge in [0.15, 0.2) is 11.5 Å². The number of carbonyl (C=O) groups excluding carboxylic acids is 1. The first-order valence-electron chi connectivity index (χ1n) is 5.47. The van der Waals surface area contributed by atoms with Gasteiger partial charge in [-0.3, -0.25) is 4.79 Å². The number of hydrogen-bond donors (Lipinski definition) is 2. The van der Waals surface area contributed by atoms with Gasteiger partial charge >= 0.3 is 6.08 Å². The van der Waals surface area contributed by atoms with Crippen molar-refractivity contribution in [1.29, 1.82) is 0 Å². The predicted molar refractivity (Wildman–Crippen MR) is 66.0 cm³/mol. The highest BCUT2D eigenvalue weighted by molar-refractivity contribution is 6.06. The van der Waals surface area contributed by atoms with Crippen LogP contribution in [0, 0.1) is 6.08 Å². The maximum atomic E-state index is 13.2. The Morgan fingerprint density at radius 1 is 1.21 bits per heavy atom. The van der Waals surface area contributed by atoms with Crippen LogP contribution in [0.4, 0.5) is 10.2 Å². The molecule has 0 fully saturated rings. The summed E-state index contributed by atoms with van der Waals surface area (Å²) in [4.78, 5) is 25.6. The molecule has 3 aromatic rings. The molecule has 0 spiro atoms.